The first-order chi connectivity index (χ1) is 12.5. The summed E-state index contributed by atoms with van der Waals surface area (Å²) < 4.78 is 13.1. The first-order valence-electron chi connectivity index (χ1n) is 10.1. The molecular weight excluding hydrogens is 342 g/mol. The number of methoxy groups -OCH3 is 1. The number of hydrogen-bond donors (Lipinski definition) is 1. The van der Waals surface area contributed by atoms with E-state index in [0.717, 1.165) is 35.5 Å². The quantitative estimate of drug-likeness (QED) is 0.487. The molecule has 1 aromatic carbocycles. The van der Waals surface area contributed by atoms with Crippen molar-refractivity contribution in [2.45, 2.75) is 63.2 Å². The Bertz CT molecular complexity index is 719. The highest BCUT2D eigenvalue weighted by molar-refractivity contribution is 5.60. The van der Waals surface area contributed by atoms with Gasteiger partial charge in [0.15, 0.2) is 11.5 Å². The predicted molar refractivity (Wildman–Crippen MR) is 105 cm³/mol. The van der Waals surface area contributed by atoms with Gasteiger partial charge in [-0.25, -0.2) is 0 Å². The second-order valence-corrected chi connectivity index (χ2v) is 8.62. The minimum Gasteiger partial charge on any atom is -0.870 e. The molecule has 4 atom stereocenters. The summed E-state index contributed by atoms with van der Waals surface area (Å²) in [5.74, 6) is 1.73. The Morgan fingerprint density at radius 3 is 2.89 bits per heavy atom. The van der Waals surface area contributed by atoms with Crippen LogP contribution in [0.1, 0.15) is 50.2 Å². The number of unbranched alkanes of at least 4 members (excludes halogenated alkanes) is 2. The van der Waals surface area contributed by atoms with Gasteiger partial charge in [-0.3, -0.25) is 0 Å². The van der Waals surface area contributed by atoms with Crippen LogP contribution in [0.4, 0.5) is 0 Å². The Morgan fingerprint density at radius 1 is 1.33 bits per heavy atom. The Hall–Kier alpha value is -1.56. The fourth-order valence-electron chi connectivity index (χ4n) is 5.21. The second-order valence-electron chi connectivity index (χ2n) is 8.62. The third-order valence-corrected chi connectivity index (χ3v) is 6.72. The summed E-state index contributed by atoms with van der Waals surface area (Å²) in [5, 5.41) is 10.2. The monoisotopic (exact) mass is 375 g/mol. The number of rotatable bonds is 5. The van der Waals surface area contributed by atoms with Crippen LogP contribution in [-0.4, -0.2) is 54.5 Å². The van der Waals surface area contributed by atoms with Crippen molar-refractivity contribution in [1.82, 2.24) is 0 Å². The fraction of sp³-hybridized carbons (Fsp3) is 0.636. The number of nitrogens with zero attached hydrogens (tertiary/aromatic N) is 1. The largest absolute Gasteiger partial charge is 0.870 e. The van der Waals surface area contributed by atoms with Crippen molar-refractivity contribution in [3.05, 3.63) is 35.4 Å². The zero-order valence-electron chi connectivity index (χ0n) is 16.8. The topological polar surface area (TPSA) is 68.7 Å². The van der Waals surface area contributed by atoms with Crippen LogP contribution >= 0.6 is 0 Å². The van der Waals surface area contributed by atoms with E-state index in [9.17, 15) is 5.11 Å². The van der Waals surface area contributed by atoms with Gasteiger partial charge in [0.05, 0.1) is 38.8 Å². The second kappa shape index (κ2) is 7.46. The smallest absolute Gasteiger partial charge is 0.166 e. The average molecular weight is 376 g/mol. The molecule has 0 saturated heterocycles. The van der Waals surface area contributed by atoms with E-state index in [1.54, 1.807) is 7.11 Å². The number of benzene rings is 1. The van der Waals surface area contributed by atoms with E-state index >= 15 is 0 Å². The van der Waals surface area contributed by atoms with Crippen LogP contribution in [0.15, 0.2) is 24.3 Å². The highest BCUT2D eigenvalue weighted by atomic mass is 16.5. The Morgan fingerprint density at radius 2 is 2.15 bits per heavy atom. The lowest BCUT2D eigenvalue weighted by molar-refractivity contribution is -0.922. The van der Waals surface area contributed by atoms with Crippen LogP contribution in [-0.2, 0) is 12.0 Å². The van der Waals surface area contributed by atoms with E-state index in [1.807, 2.05) is 6.08 Å². The van der Waals surface area contributed by atoms with Crippen LogP contribution < -0.4 is 9.47 Å². The van der Waals surface area contributed by atoms with Gasteiger partial charge in [0.25, 0.3) is 0 Å². The van der Waals surface area contributed by atoms with Crippen molar-refractivity contribution in [3.63, 3.8) is 0 Å². The van der Waals surface area contributed by atoms with E-state index in [4.69, 9.17) is 9.47 Å². The fourth-order valence-corrected chi connectivity index (χ4v) is 5.21. The van der Waals surface area contributed by atoms with Crippen LogP contribution in [0, 0.1) is 0 Å². The van der Waals surface area contributed by atoms with Gasteiger partial charge in [-0.05, 0) is 25.0 Å². The molecule has 0 fully saturated rings. The van der Waals surface area contributed by atoms with Crippen molar-refractivity contribution in [3.8, 4) is 11.5 Å². The lowest BCUT2D eigenvalue weighted by atomic mass is 9.69. The Kier molecular flexibility index (Phi) is 5.57. The van der Waals surface area contributed by atoms with E-state index in [2.05, 4.69) is 32.2 Å². The van der Waals surface area contributed by atoms with Crippen LogP contribution in [0.25, 0.3) is 0 Å². The molecule has 2 aliphatic heterocycles. The van der Waals surface area contributed by atoms with Gasteiger partial charge in [0.1, 0.15) is 12.6 Å². The number of hydrogen-bond acceptors (Lipinski definition) is 4. The van der Waals surface area contributed by atoms with Crippen molar-refractivity contribution >= 4 is 0 Å². The maximum atomic E-state index is 10.2. The Balaban J connectivity index is 0.00000210. The highest BCUT2D eigenvalue weighted by Crippen LogP contribution is 2.56. The summed E-state index contributed by atoms with van der Waals surface area (Å²) in [6.07, 6.45) is 9.39. The first-order valence-corrected chi connectivity index (χ1v) is 10.1. The molecular formula is C22H33NO4. The third kappa shape index (κ3) is 3.26. The lowest BCUT2D eigenvalue weighted by Gasteiger charge is -2.37. The summed E-state index contributed by atoms with van der Waals surface area (Å²) in [4.78, 5) is 0. The van der Waals surface area contributed by atoms with Crippen molar-refractivity contribution in [2.24, 2.45) is 0 Å². The molecule has 0 saturated carbocycles. The van der Waals surface area contributed by atoms with Crippen LogP contribution in [0.5, 0.6) is 11.5 Å². The van der Waals surface area contributed by atoms with Gasteiger partial charge in [-0.1, -0.05) is 25.5 Å². The number of ether oxygens (including phenoxy) is 2. The van der Waals surface area contributed by atoms with E-state index in [1.165, 1.54) is 36.9 Å². The molecule has 27 heavy (non-hydrogen) atoms. The van der Waals surface area contributed by atoms with Gasteiger partial charge in [0.2, 0.25) is 0 Å². The Labute approximate surface area is 162 Å². The molecule has 1 aromatic rings. The minimum atomic E-state index is -0.414. The van der Waals surface area contributed by atoms with Gasteiger partial charge < -0.3 is 24.5 Å². The molecule has 150 valence electrons. The minimum absolute atomic E-state index is 0. The van der Waals surface area contributed by atoms with Gasteiger partial charge in [-0.2, -0.15) is 0 Å². The zero-order valence-corrected chi connectivity index (χ0v) is 16.8. The maximum Gasteiger partial charge on any atom is 0.166 e. The van der Waals surface area contributed by atoms with Gasteiger partial charge >= 0.3 is 0 Å². The first kappa shape index (κ1) is 20.2. The summed E-state index contributed by atoms with van der Waals surface area (Å²) in [6.45, 7) is 5.68. The summed E-state index contributed by atoms with van der Waals surface area (Å²) >= 11 is 0. The van der Waals surface area contributed by atoms with E-state index in [0.29, 0.717) is 6.42 Å². The molecule has 2 heterocycles. The number of aliphatic hydroxyl groups is 1. The van der Waals surface area contributed by atoms with Gasteiger partial charge in [0, 0.05) is 24.0 Å². The molecule has 0 aromatic heterocycles. The maximum absolute atomic E-state index is 10.2. The molecule has 0 radical (unpaired) electrons. The lowest BCUT2D eigenvalue weighted by Crippen LogP contribution is -2.47. The molecule has 2 N–H and O–H groups in total. The molecule has 3 aliphatic rings. The normalized spacial score (nSPS) is 33.3. The molecule has 5 heteroatoms. The molecule has 1 aliphatic carbocycles. The molecule has 4 unspecified atom stereocenters. The molecule has 0 amide bonds. The average Bonchev–Trinajstić information content (AvgIpc) is 2.89. The summed E-state index contributed by atoms with van der Waals surface area (Å²) in [7, 11) is 4.11. The van der Waals surface area contributed by atoms with E-state index < -0.39 is 6.10 Å². The summed E-state index contributed by atoms with van der Waals surface area (Å²) in [5.41, 5.74) is 2.60. The molecule has 0 bridgehead atoms. The molecule has 5 nitrogen and oxygen atoms in total. The van der Waals surface area contributed by atoms with Gasteiger partial charge in [-0.15, -0.1) is 0 Å². The van der Waals surface area contributed by atoms with E-state index in [-0.39, 0.29) is 17.0 Å². The standard InChI is InChI=1S/C22H32NO3.H2O/c1-4-5-6-12-23(2)13-11-22-10-9-17(24)14-19(22)26-21-18(25-3)8-7-16(15-23)20(21)22;/h7-10,17,19,24H,4-6,11-15H2,1-3H3;1H2/q+1;/p-1. The predicted octanol–water partition coefficient (Wildman–Crippen LogP) is 3.38. The van der Waals surface area contributed by atoms with Crippen LogP contribution in [0.3, 0.4) is 0 Å². The summed E-state index contributed by atoms with van der Waals surface area (Å²) in [6, 6.07) is 4.30. The van der Waals surface area contributed by atoms with Crippen molar-refractivity contribution < 1.29 is 24.5 Å². The number of aliphatic hydroxyl groups excluding tert-OH is 1. The van der Waals surface area contributed by atoms with Crippen molar-refractivity contribution in [2.75, 3.05) is 27.2 Å². The number of quaternary nitrogens is 1. The SMILES string of the molecule is CCCCC[N+]1(C)CCC23C=CC(O)CC2Oc2c(OC)ccc(c23)C1.[OH-]. The molecule has 4 rings (SSSR count). The highest BCUT2D eigenvalue weighted by Gasteiger charge is 2.54. The van der Waals surface area contributed by atoms with Crippen LogP contribution in [0.2, 0.25) is 0 Å². The van der Waals surface area contributed by atoms with Crippen molar-refractivity contribution in [1.29, 1.82) is 0 Å². The third-order valence-electron chi connectivity index (χ3n) is 6.72. The molecule has 1 spiro atoms. The zero-order chi connectivity index (χ0) is 18.4.